The maximum atomic E-state index is 14.1. The minimum absolute atomic E-state index is 0.112. The van der Waals surface area contributed by atoms with E-state index < -0.39 is 23.3 Å². The van der Waals surface area contributed by atoms with Gasteiger partial charge in [-0.1, -0.05) is 42.5 Å². The van der Waals surface area contributed by atoms with Crippen molar-refractivity contribution in [1.29, 1.82) is 0 Å². The summed E-state index contributed by atoms with van der Waals surface area (Å²) in [7, 11) is 0. The standard InChI is InChI=1S/C29H26F4N2/c30-25-9-7-23(16-27(25)32)29(34-24-8-10-26(31)28(33)17-24)21-11-13-35(14-12-21)18-19-5-6-20-3-1-2-4-22(20)15-19/h1-10,15-17,21,29,34H,11-14,18H2. The van der Waals surface area contributed by atoms with Crippen molar-refractivity contribution in [3.8, 4) is 0 Å². The van der Waals surface area contributed by atoms with Crippen molar-refractivity contribution in [2.75, 3.05) is 18.4 Å². The first-order valence-electron chi connectivity index (χ1n) is 11.8. The van der Waals surface area contributed by atoms with E-state index >= 15 is 0 Å². The molecule has 0 amide bonds. The highest BCUT2D eigenvalue weighted by Crippen LogP contribution is 2.35. The average Bonchev–Trinajstić information content (AvgIpc) is 2.87. The quantitative estimate of drug-likeness (QED) is 0.289. The minimum atomic E-state index is -0.954. The number of halogens is 4. The van der Waals surface area contributed by atoms with E-state index in [-0.39, 0.29) is 12.0 Å². The Hall–Kier alpha value is -3.38. The molecule has 1 aliphatic rings. The molecule has 5 rings (SSSR count). The molecule has 180 valence electrons. The number of nitrogens with one attached hydrogen (secondary N) is 1. The van der Waals surface area contributed by atoms with Crippen LogP contribution in [0.4, 0.5) is 23.2 Å². The zero-order valence-electron chi connectivity index (χ0n) is 19.2. The molecule has 2 nitrogen and oxygen atoms in total. The molecule has 1 saturated heterocycles. The van der Waals surface area contributed by atoms with Crippen LogP contribution in [0, 0.1) is 29.2 Å². The molecule has 0 saturated carbocycles. The molecular weight excluding hydrogens is 452 g/mol. The third-order valence-corrected chi connectivity index (χ3v) is 6.87. The summed E-state index contributed by atoms with van der Waals surface area (Å²) < 4.78 is 54.9. The molecule has 1 atom stereocenters. The van der Waals surface area contributed by atoms with Gasteiger partial charge in [-0.05, 0) is 84.1 Å². The summed E-state index contributed by atoms with van der Waals surface area (Å²) in [5, 5.41) is 5.68. The number of fused-ring (bicyclic) bond motifs is 1. The molecule has 0 radical (unpaired) electrons. The fourth-order valence-electron chi connectivity index (χ4n) is 4.98. The van der Waals surface area contributed by atoms with Crippen LogP contribution in [-0.4, -0.2) is 18.0 Å². The highest BCUT2D eigenvalue weighted by molar-refractivity contribution is 5.82. The largest absolute Gasteiger partial charge is 0.378 e. The summed E-state index contributed by atoms with van der Waals surface area (Å²) in [6, 6.07) is 21.9. The first-order valence-corrected chi connectivity index (χ1v) is 11.8. The molecule has 1 unspecified atom stereocenters. The van der Waals surface area contributed by atoms with Crippen molar-refractivity contribution in [2.45, 2.75) is 25.4 Å². The van der Waals surface area contributed by atoms with Crippen molar-refractivity contribution in [2.24, 2.45) is 5.92 Å². The molecule has 0 spiro atoms. The second kappa shape index (κ2) is 10.1. The van der Waals surface area contributed by atoms with Gasteiger partial charge in [-0.3, -0.25) is 4.90 Å². The van der Waals surface area contributed by atoms with Crippen molar-refractivity contribution in [3.05, 3.63) is 113 Å². The van der Waals surface area contributed by atoms with Gasteiger partial charge < -0.3 is 5.32 Å². The van der Waals surface area contributed by atoms with E-state index in [1.54, 1.807) is 6.07 Å². The minimum Gasteiger partial charge on any atom is -0.378 e. The number of benzene rings is 4. The lowest BCUT2D eigenvalue weighted by Gasteiger charge is -2.37. The van der Waals surface area contributed by atoms with Gasteiger partial charge >= 0.3 is 0 Å². The van der Waals surface area contributed by atoms with E-state index in [2.05, 4.69) is 40.5 Å². The summed E-state index contributed by atoms with van der Waals surface area (Å²) in [6.07, 6.45) is 1.65. The lowest BCUT2D eigenvalue weighted by atomic mass is 9.85. The monoisotopic (exact) mass is 478 g/mol. The molecule has 1 aliphatic heterocycles. The van der Waals surface area contributed by atoms with Crippen LogP contribution in [0.5, 0.6) is 0 Å². The van der Waals surface area contributed by atoms with Crippen LogP contribution < -0.4 is 5.32 Å². The van der Waals surface area contributed by atoms with Gasteiger partial charge in [0.2, 0.25) is 0 Å². The van der Waals surface area contributed by atoms with Crippen molar-refractivity contribution in [3.63, 3.8) is 0 Å². The van der Waals surface area contributed by atoms with Crippen molar-refractivity contribution < 1.29 is 17.6 Å². The number of anilines is 1. The topological polar surface area (TPSA) is 15.3 Å². The van der Waals surface area contributed by atoms with Crippen molar-refractivity contribution >= 4 is 16.5 Å². The fourth-order valence-corrected chi connectivity index (χ4v) is 4.98. The van der Waals surface area contributed by atoms with Crippen LogP contribution >= 0.6 is 0 Å². The van der Waals surface area contributed by atoms with Gasteiger partial charge in [-0.2, -0.15) is 0 Å². The highest BCUT2D eigenvalue weighted by Gasteiger charge is 2.29. The number of hydrogen-bond donors (Lipinski definition) is 1. The first kappa shape index (κ1) is 23.4. The predicted octanol–water partition coefficient (Wildman–Crippen LogP) is 7.46. The Bertz CT molecular complexity index is 1330. The van der Waals surface area contributed by atoms with Crippen LogP contribution in [-0.2, 0) is 6.54 Å². The van der Waals surface area contributed by atoms with Gasteiger partial charge in [-0.25, -0.2) is 17.6 Å². The molecule has 6 heteroatoms. The summed E-state index contributed by atoms with van der Waals surface area (Å²) in [6.45, 7) is 2.53. The molecule has 4 aromatic carbocycles. The Labute approximate surface area is 202 Å². The van der Waals surface area contributed by atoms with Gasteiger partial charge in [0.15, 0.2) is 23.3 Å². The molecule has 1 fully saturated rings. The zero-order chi connectivity index (χ0) is 24.4. The molecule has 1 heterocycles. The second-order valence-electron chi connectivity index (χ2n) is 9.22. The van der Waals surface area contributed by atoms with E-state index in [1.807, 2.05) is 12.1 Å². The smallest absolute Gasteiger partial charge is 0.160 e. The molecule has 4 aromatic rings. The number of likely N-dealkylation sites (tertiary alicyclic amines) is 1. The van der Waals surface area contributed by atoms with Crippen LogP contribution in [0.25, 0.3) is 10.8 Å². The summed E-state index contributed by atoms with van der Waals surface area (Å²) in [4.78, 5) is 2.39. The van der Waals surface area contributed by atoms with E-state index in [0.717, 1.165) is 50.7 Å². The number of piperidine rings is 1. The molecule has 1 N–H and O–H groups in total. The van der Waals surface area contributed by atoms with Gasteiger partial charge in [0.1, 0.15) is 0 Å². The van der Waals surface area contributed by atoms with Crippen LogP contribution in [0.15, 0.2) is 78.9 Å². The van der Waals surface area contributed by atoms with Gasteiger partial charge in [0, 0.05) is 18.3 Å². The number of rotatable bonds is 6. The Morgan fingerprint density at radius 3 is 2.11 bits per heavy atom. The van der Waals surface area contributed by atoms with Gasteiger partial charge in [-0.15, -0.1) is 0 Å². The molecule has 0 bridgehead atoms. The summed E-state index contributed by atoms with van der Waals surface area (Å²) >= 11 is 0. The summed E-state index contributed by atoms with van der Waals surface area (Å²) in [5.74, 6) is -3.61. The molecular formula is C29H26F4N2. The Balaban J connectivity index is 1.31. The van der Waals surface area contributed by atoms with Gasteiger partial charge in [0.05, 0.1) is 6.04 Å². The van der Waals surface area contributed by atoms with Crippen LogP contribution in [0.3, 0.4) is 0 Å². The Kier molecular flexibility index (Phi) is 6.73. The van der Waals surface area contributed by atoms with Crippen molar-refractivity contribution in [1.82, 2.24) is 4.90 Å². The second-order valence-corrected chi connectivity index (χ2v) is 9.22. The lowest BCUT2D eigenvalue weighted by molar-refractivity contribution is 0.166. The van der Waals surface area contributed by atoms with E-state index in [9.17, 15) is 17.6 Å². The summed E-state index contributed by atoms with van der Waals surface area (Å²) in [5.41, 5.74) is 2.23. The third kappa shape index (κ3) is 5.33. The fraction of sp³-hybridized carbons (Fsp3) is 0.241. The normalized spacial score (nSPS) is 15.9. The Morgan fingerprint density at radius 1 is 0.714 bits per heavy atom. The number of nitrogens with zero attached hydrogens (tertiary/aromatic N) is 1. The maximum Gasteiger partial charge on any atom is 0.160 e. The maximum absolute atomic E-state index is 14.1. The average molecular weight is 479 g/mol. The van der Waals surface area contributed by atoms with Gasteiger partial charge in [0.25, 0.3) is 0 Å². The number of hydrogen-bond acceptors (Lipinski definition) is 2. The van der Waals surface area contributed by atoms with E-state index in [0.29, 0.717) is 11.3 Å². The first-order chi connectivity index (χ1) is 17.0. The zero-order valence-corrected chi connectivity index (χ0v) is 19.2. The van der Waals surface area contributed by atoms with Crippen LogP contribution in [0.1, 0.15) is 30.0 Å². The Morgan fingerprint density at radius 2 is 1.40 bits per heavy atom. The lowest BCUT2D eigenvalue weighted by Crippen LogP contribution is -2.36. The molecule has 0 aliphatic carbocycles. The van der Waals surface area contributed by atoms with E-state index in [4.69, 9.17) is 0 Å². The SMILES string of the molecule is Fc1ccc(NC(c2ccc(F)c(F)c2)C2CCN(Cc3ccc4ccccc4c3)CC2)cc1F. The highest BCUT2D eigenvalue weighted by atomic mass is 19.2. The van der Waals surface area contributed by atoms with Crippen LogP contribution in [0.2, 0.25) is 0 Å². The molecule has 0 aromatic heterocycles. The predicted molar refractivity (Wildman–Crippen MR) is 131 cm³/mol. The van der Waals surface area contributed by atoms with E-state index in [1.165, 1.54) is 28.5 Å². The third-order valence-electron chi connectivity index (χ3n) is 6.87. The molecule has 35 heavy (non-hydrogen) atoms.